The number of benzene rings is 1. The summed E-state index contributed by atoms with van der Waals surface area (Å²) < 4.78 is 26.5. The van der Waals surface area contributed by atoms with E-state index in [1.165, 1.54) is 18.2 Å². The number of amides is 1. The number of nitrogens with two attached hydrogens (primary N) is 1. The van der Waals surface area contributed by atoms with E-state index >= 15 is 0 Å². The molecule has 1 amide bonds. The summed E-state index contributed by atoms with van der Waals surface area (Å²) in [5, 5.41) is 11.6. The lowest BCUT2D eigenvalue weighted by atomic mass is 10.2. The number of anilines is 1. The Labute approximate surface area is 124 Å². The van der Waals surface area contributed by atoms with Gasteiger partial charge in [0.25, 0.3) is 0 Å². The zero-order chi connectivity index (χ0) is 16.0. The molecule has 0 aliphatic carbocycles. The molecule has 1 aromatic rings. The highest BCUT2D eigenvalue weighted by molar-refractivity contribution is 7.89. The third-order valence-electron chi connectivity index (χ3n) is 2.51. The van der Waals surface area contributed by atoms with Gasteiger partial charge in [0.05, 0.1) is 10.5 Å². The van der Waals surface area contributed by atoms with Crippen LogP contribution in [0.25, 0.3) is 0 Å². The van der Waals surface area contributed by atoms with Crippen molar-refractivity contribution in [3.63, 3.8) is 0 Å². The molecule has 0 saturated carbocycles. The number of nitrogen functional groups attached to an aromatic ring is 1. The third-order valence-corrected chi connectivity index (χ3v) is 4.03. The summed E-state index contributed by atoms with van der Waals surface area (Å²) in [6.45, 7) is 3.58. The second-order valence-electron chi connectivity index (χ2n) is 4.74. The van der Waals surface area contributed by atoms with Crippen LogP contribution in [0.15, 0.2) is 23.1 Å². The van der Waals surface area contributed by atoms with Gasteiger partial charge in [0.1, 0.15) is 6.07 Å². The molecule has 0 spiro atoms. The van der Waals surface area contributed by atoms with E-state index in [4.69, 9.17) is 11.0 Å². The lowest BCUT2D eigenvalue weighted by molar-refractivity contribution is -0.121. The third kappa shape index (κ3) is 5.06. The van der Waals surface area contributed by atoms with Gasteiger partial charge in [-0.1, -0.05) is 0 Å². The molecule has 0 unspecified atom stereocenters. The highest BCUT2D eigenvalue weighted by Crippen LogP contribution is 2.17. The van der Waals surface area contributed by atoms with Gasteiger partial charge in [-0.3, -0.25) is 4.79 Å². The van der Waals surface area contributed by atoms with Crippen LogP contribution >= 0.6 is 0 Å². The van der Waals surface area contributed by atoms with E-state index in [0.717, 1.165) is 0 Å². The Hall–Kier alpha value is -2.11. The maximum absolute atomic E-state index is 12.1. The predicted molar refractivity (Wildman–Crippen MR) is 78.7 cm³/mol. The van der Waals surface area contributed by atoms with E-state index in [0.29, 0.717) is 5.69 Å². The number of carbonyl (C=O) groups is 1. The van der Waals surface area contributed by atoms with Crippen LogP contribution in [0.2, 0.25) is 0 Å². The highest BCUT2D eigenvalue weighted by Gasteiger charge is 2.18. The first-order valence-electron chi connectivity index (χ1n) is 6.35. The number of rotatable bonds is 6. The number of nitriles is 1. The Kier molecular flexibility index (Phi) is 5.69. The lowest BCUT2D eigenvalue weighted by Crippen LogP contribution is -2.34. The van der Waals surface area contributed by atoms with Crippen LogP contribution in [0.1, 0.15) is 25.8 Å². The maximum atomic E-state index is 12.1. The summed E-state index contributed by atoms with van der Waals surface area (Å²) in [6.07, 6.45) is 0.0221. The summed E-state index contributed by atoms with van der Waals surface area (Å²) in [7, 11) is -3.85. The smallest absolute Gasteiger partial charge is 0.241 e. The minimum Gasteiger partial charge on any atom is -0.399 e. The Morgan fingerprint density at radius 1 is 1.43 bits per heavy atom. The number of hydrogen-bond acceptors (Lipinski definition) is 5. The molecule has 0 fully saturated rings. The van der Waals surface area contributed by atoms with Crippen LogP contribution in [0, 0.1) is 11.3 Å². The first-order chi connectivity index (χ1) is 9.76. The van der Waals surface area contributed by atoms with Gasteiger partial charge in [0.15, 0.2) is 0 Å². The van der Waals surface area contributed by atoms with Gasteiger partial charge in [0, 0.05) is 24.7 Å². The largest absolute Gasteiger partial charge is 0.399 e. The average Bonchev–Trinajstić information content (AvgIpc) is 2.36. The van der Waals surface area contributed by atoms with Gasteiger partial charge >= 0.3 is 0 Å². The Bertz CT molecular complexity index is 662. The molecule has 0 aromatic heterocycles. The van der Waals surface area contributed by atoms with E-state index in [1.807, 2.05) is 13.8 Å². The van der Waals surface area contributed by atoms with Crippen molar-refractivity contribution in [3.05, 3.63) is 23.8 Å². The monoisotopic (exact) mass is 310 g/mol. The maximum Gasteiger partial charge on any atom is 0.241 e. The van der Waals surface area contributed by atoms with Crippen molar-refractivity contribution in [1.29, 1.82) is 5.26 Å². The van der Waals surface area contributed by atoms with Gasteiger partial charge in [-0.25, -0.2) is 13.1 Å². The van der Waals surface area contributed by atoms with E-state index in [2.05, 4.69) is 10.0 Å². The summed E-state index contributed by atoms with van der Waals surface area (Å²) in [4.78, 5) is 11.3. The molecule has 21 heavy (non-hydrogen) atoms. The summed E-state index contributed by atoms with van der Waals surface area (Å²) in [5.74, 6) is -0.245. The molecule has 0 aliphatic heterocycles. The Balaban J connectivity index is 2.75. The molecule has 7 nitrogen and oxygen atoms in total. The number of nitrogens with zero attached hydrogens (tertiary/aromatic N) is 1. The minimum atomic E-state index is -3.85. The summed E-state index contributed by atoms with van der Waals surface area (Å²) >= 11 is 0. The molecule has 0 bridgehead atoms. The van der Waals surface area contributed by atoms with Gasteiger partial charge < -0.3 is 11.1 Å². The zero-order valence-electron chi connectivity index (χ0n) is 11.9. The first kappa shape index (κ1) is 16.9. The van der Waals surface area contributed by atoms with E-state index < -0.39 is 10.0 Å². The first-order valence-corrected chi connectivity index (χ1v) is 7.83. The average molecular weight is 310 g/mol. The van der Waals surface area contributed by atoms with Crippen molar-refractivity contribution in [1.82, 2.24) is 10.0 Å². The minimum absolute atomic E-state index is 0.00334. The second-order valence-corrected chi connectivity index (χ2v) is 6.47. The fourth-order valence-electron chi connectivity index (χ4n) is 1.64. The fraction of sp³-hybridized carbons (Fsp3) is 0.385. The van der Waals surface area contributed by atoms with Crippen molar-refractivity contribution in [2.45, 2.75) is 31.2 Å². The van der Waals surface area contributed by atoms with E-state index in [9.17, 15) is 13.2 Å². The van der Waals surface area contributed by atoms with Crippen LogP contribution in [0.5, 0.6) is 0 Å². The molecule has 0 aliphatic rings. The quantitative estimate of drug-likeness (QED) is 0.653. The second kappa shape index (κ2) is 7.06. The molecular formula is C13H18N4O3S. The van der Waals surface area contributed by atoms with Crippen molar-refractivity contribution in [2.75, 3.05) is 12.3 Å². The fourth-order valence-corrected chi connectivity index (χ4v) is 2.81. The molecule has 4 N–H and O–H groups in total. The van der Waals surface area contributed by atoms with Crippen LogP contribution in [0.3, 0.4) is 0 Å². The van der Waals surface area contributed by atoms with Gasteiger partial charge in [-0.05, 0) is 32.0 Å². The molecular weight excluding hydrogens is 292 g/mol. The molecule has 1 aromatic carbocycles. The van der Waals surface area contributed by atoms with Gasteiger partial charge in [0.2, 0.25) is 15.9 Å². The number of nitrogens with one attached hydrogen (secondary N) is 2. The predicted octanol–water partition coefficient (Wildman–Crippen LogP) is 0.333. The molecule has 1 rings (SSSR count). The standard InChI is InChI=1S/C13H18N4O3S/c1-9(2)17-13(18)5-6-16-21(19,20)12-4-3-11(15)7-10(12)8-14/h3-4,7,9,16H,5-6,15H2,1-2H3,(H,17,18). The van der Waals surface area contributed by atoms with Crippen LogP contribution in [-0.2, 0) is 14.8 Å². The zero-order valence-corrected chi connectivity index (χ0v) is 12.7. The van der Waals surface area contributed by atoms with Crippen molar-refractivity contribution in [2.24, 2.45) is 0 Å². The van der Waals surface area contributed by atoms with Crippen LogP contribution < -0.4 is 15.8 Å². The van der Waals surface area contributed by atoms with Crippen molar-refractivity contribution >= 4 is 21.6 Å². The van der Waals surface area contributed by atoms with Crippen molar-refractivity contribution < 1.29 is 13.2 Å². The summed E-state index contributed by atoms with van der Waals surface area (Å²) in [5.41, 5.74) is 5.79. The molecule has 0 heterocycles. The van der Waals surface area contributed by atoms with Crippen LogP contribution in [0.4, 0.5) is 5.69 Å². The molecule has 114 valence electrons. The molecule has 0 radical (unpaired) electrons. The molecule has 0 saturated heterocycles. The number of sulfonamides is 1. The normalized spacial score (nSPS) is 11.1. The van der Waals surface area contributed by atoms with Gasteiger partial charge in [-0.15, -0.1) is 0 Å². The van der Waals surface area contributed by atoms with Gasteiger partial charge in [-0.2, -0.15) is 5.26 Å². The Morgan fingerprint density at radius 3 is 2.67 bits per heavy atom. The molecule has 8 heteroatoms. The molecule has 0 atom stereocenters. The van der Waals surface area contributed by atoms with Crippen LogP contribution in [-0.4, -0.2) is 26.9 Å². The number of hydrogen-bond donors (Lipinski definition) is 3. The number of carbonyl (C=O) groups excluding carboxylic acids is 1. The van der Waals surface area contributed by atoms with E-state index in [-0.39, 0.29) is 35.4 Å². The topological polar surface area (TPSA) is 125 Å². The summed E-state index contributed by atoms with van der Waals surface area (Å²) in [6, 6.07) is 5.75. The highest BCUT2D eigenvalue weighted by atomic mass is 32.2. The van der Waals surface area contributed by atoms with Crippen molar-refractivity contribution in [3.8, 4) is 6.07 Å². The lowest BCUT2D eigenvalue weighted by Gasteiger charge is -2.10. The Morgan fingerprint density at radius 2 is 2.10 bits per heavy atom. The van der Waals surface area contributed by atoms with E-state index in [1.54, 1.807) is 6.07 Å². The SMILES string of the molecule is CC(C)NC(=O)CCNS(=O)(=O)c1ccc(N)cc1C#N.